The van der Waals surface area contributed by atoms with Crippen LogP contribution in [0.1, 0.15) is 47.0 Å². The van der Waals surface area contributed by atoms with Gasteiger partial charge in [-0.25, -0.2) is 16.8 Å². The van der Waals surface area contributed by atoms with Gasteiger partial charge in [-0.3, -0.25) is 0 Å². The maximum absolute atomic E-state index is 13.2. The zero-order chi connectivity index (χ0) is 30.5. The van der Waals surface area contributed by atoms with Crippen molar-refractivity contribution in [2.75, 3.05) is 13.1 Å². The molecule has 8 nitrogen and oxygen atoms in total. The molecule has 42 heavy (non-hydrogen) atoms. The number of terminal acetylenes is 2. The number of nitrogens with zero attached hydrogens (tertiary/aromatic N) is 2. The number of aryl methyl sites for hydroxylation is 2. The highest BCUT2D eigenvalue weighted by atomic mass is 32.2. The first-order valence-electron chi connectivity index (χ1n) is 13.1. The van der Waals surface area contributed by atoms with Crippen LogP contribution in [-0.2, 0) is 33.1 Å². The number of hydrogen-bond acceptors (Lipinski definition) is 6. The van der Waals surface area contributed by atoms with Crippen LogP contribution in [-0.4, -0.2) is 38.5 Å². The van der Waals surface area contributed by atoms with Gasteiger partial charge in [0.15, 0.2) is 0 Å². The lowest BCUT2D eigenvalue weighted by Gasteiger charge is -2.19. The molecular formula is C32H32N2O6S2. The molecule has 2 aromatic heterocycles. The Morgan fingerprint density at radius 3 is 1.33 bits per heavy atom. The van der Waals surface area contributed by atoms with Gasteiger partial charge in [-0.05, 0) is 69.3 Å². The maximum Gasteiger partial charge on any atom is 0.244 e. The third-order valence-electron chi connectivity index (χ3n) is 6.74. The van der Waals surface area contributed by atoms with E-state index in [1.165, 1.54) is 8.61 Å². The summed E-state index contributed by atoms with van der Waals surface area (Å²) in [5.74, 6) is 6.42. The molecule has 0 saturated heterocycles. The smallest absolute Gasteiger partial charge is 0.244 e. The van der Waals surface area contributed by atoms with E-state index in [0.29, 0.717) is 23.0 Å². The minimum Gasteiger partial charge on any atom is -0.464 e. The van der Waals surface area contributed by atoms with Crippen molar-refractivity contribution < 1.29 is 25.7 Å². The van der Waals surface area contributed by atoms with Crippen LogP contribution in [0.4, 0.5) is 0 Å². The molecule has 0 saturated carbocycles. The molecule has 4 aromatic rings. The van der Waals surface area contributed by atoms with Crippen LogP contribution in [0.25, 0.3) is 0 Å². The van der Waals surface area contributed by atoms with Crippen LogP contribution < -0.4 is 0 Å². The molecule has 0 aliphatic carbocycles. The second kappa shape index (κ2) is 12.8. The highest BCUT2D eigenvalue weighted by molar-refractivity contribution is 7.89. The van der Waals surface area contributed by atoms with Gasteiger partial charge >= 0.3 is 0 Å². The summed E-state index contributed by atoms with van der Waals surface area (Å²) in [4.78, 5) is 0.296. The largest absolute Gasteiger partial charge is 0.464 e. The Kier molecular flexibility index (Phi) is 9.45. The number of hydrogen-bond donors (Lipinski definition) is 0. The SMILES string of the molecule is C#CCN(Cc1ccc(C(C)c2ccc(CN(CC#C)S(=O)(=O)c3ccc(C)cc3)o2)o1)S(=O)(=O)c1ccc(C)cc1. The minimum absolute atomic E-state index is 0.0472. The third kappa shape index (κ3) is 6.87. The Hall–Kier alpha value is -4.06. The summed E-state index contributed by atoms with van der Waals surface area (Å²) >= 11 is 0. The van der Waals surface area contributed by atoms with Gasteiger partial charge in [0, 0.05) is 0 Å². The Morgan fingerprint density at radius 2 is 1.00 bits per heavy atom. The lowest BCUT2D eigenvalue weighted by Crippen LogP contribution is -2.31. The van der Waals surface area contributed by atoms with Gasteiger partial charge in [0.1, 0.15) is 23.0 Å². The zero-order valence-electron chi connectivity index (χ0n) is 23.6. The predicted octanol–water partition coefficient (Wildman–Crippen LogP) is 5.29. The Balaban J connectivity index is 1.49. The summed E-state index contributed by atoms with van der Waals surface area (Å²) in [5.41, 5.74) is 1.89. The van der Waals surface area contributed by atoms with Gasteiger partial charge in [0.25, 0.3) is 0 Å². The first-order chi connectivity index (χ1) is 19.9. The van der Waals surface area contributed by atoms with Crippen LogP contribution in [0.2, 0.25) is 0 Å². The molecular weight excluding hydrogens is 572 g/mol. The molecule has 0 spiro atoms. The molecule has 0 atom stereocenters. The predicted molar refractivity (Wildman–Crippen MR) is 160 cm³/mol. The quantitative estimate of drug-likeness (QED) is 0.204. The average Bonchev–Trinajstić information content (AvgIpc) is 3.63. The molecule has 218 valence electrons. The third-order valence-corrected chi connectivity index (χ3v) is 10.3. The Labute approximate surface area is 248 Å². The van der Waals surface area contributed by atoms with Crippen LogP contribution >= 0.6 is 0 Å². The van der Waals surface area contributed by atoms with Crippen molar-refractivity contribution >= 4 is 20.0 Å². The van der Waals surface area contributed by atoms with Crippen molar-refractivity contribution in [1.29, 1.82) is 0 Å². The van der Waals surface area contributed by atoms with Crippen LogP contribution in [0, 0.1) is 38.5 Å². The fourth-order valence-corrected chi connectivity index (χ4v) is 6.93. The van der Waals surface area contributed by atoms with E-state index < -0.39 is 20.0 Å². The minimum atomic E-state index is -3.84. The molecule has 0 unspecified atom stereocenters. The molecule has 10 heteroatoms. The molecule has 0 fully saturated rings. The van der Waals surface area contributed by atoms with Gasteiger partial charge in [0.2, 0.25) is 20.0 Å². The van der Waals surface area contributed by atoms with Gasteiger partial charge in [-0.15, -0.1) is 12.8 Å². The molecule has 0 aliphatic heterocycles. The van der Waals surface area contributed by atoms with E-state index in [9.17, 15) is 16.8 Å². The second-order valence-corrected chi connectivity index (χ2v) is 13.8. The molecule has 0 aliphatic rings. The summed E-state index contributed by atoms with van der Waals surface area (Å²) in [7, 11) is -7.69. The standard InChI is InChI=1S/C32H32N2O6S2/c1-6-20-33(41(35,36)29-14-8-24(3)9-15-29)22-27-12-18-31(39-27)26(5)32-19-13-28(40-32)23-34(21-7-2)42(37,38)30-16-10-25(4)11-17-30/h1-2,8-19,26H,20-23H2,3-5H3. The average molecular weight is 605 g/mol. The van der Waals surface area contributed by atoms with Gasteiger partial charge in [-0.2, -0.15) is 8.61 Å². The molecule has 0 bridgehead atoms. The van der Waals surface area contributed by atoms with E-state index >= 15 is 0 Å². The fraction of sp³-hybridized carbons (Fsp3) is 0.250. The Bertz CT molecular complexity index is 1690. The van der Waals surface area contributed by atoms with Crippen molar-refractivity contribution in [2.24, 2.45) is 0 Å². The van der Waals surface area contributed by atoms with E-state index in [1.807, 2.05) is 20.8 Å². The number of rotatable bonds is 12. The van der Waals surface area contributed by atoms with Crippen LogP contribution in [0.3, 0.4) is 0 Å². The normalized spacial score (nSPS) is 12.1. The lowest BCUT2D eigenvalue weighted by molar-refractivity contribution is 0.351. The van der Waals surface area contributed by atoms with E-state index in [1.54, 1.807) is 72.8 Å². The monoisotopic (exact) mass is 604 g/mol. The lowest BCUT2D eigenvalue weighted by atomic mass is 10.1. The maximum atomic E-state index is 13.2. The van der Waals surface area contributed by atoms with Crippen molar-refractivity contribution in [3.8, 4) is 24.7 Å². The van der Waals surface area contributed by atoms with Gasteiger partial charge < -0.3 is 8.83 Å². The zero-order valence-corrected chi connectivity index (χ0v) is 25.3. The molecule has 0 N–H and O–H groups in total. The highest BCUT2D eigenvalue weighted by Crippen LogP contribution is 2.30. The summed E-state index contributed by atoms with van der Waals surface area (Å²) in [6, 6.07) is 20.0. The van der Waals surface area contributed by atoms with E-state index in [2.05, 4.69) is 11.8 Å². The van der Waals surface area contributed by atoms with E-state index in [-0.39, 0.29) is 41.9 Å². The summed E-state index contributed by atoms with van der Waals surface area (Å²) in [6.07, 6.45) is 11.0. The molecule has 2 heterocycles. The van der Waals surface area contributed by atoms with Crippen molar-refractivity contribution in [3.05, 3.63) is 107 Å². The van der Waals surface area contributed by atoms with Crippen LogP contribution in [0.5, 0.6) is 0 Å². The fourth-order valence-electron chi connectivity index (χ4n) is 4.29. The van der Waals surface area contributed by atoms with E-state index in [4.69, 9.17) is 21.7 Å². The van der Waals surface area contributed by atoms with Gasteiger partial charge in [0.05, 0.1) is 41.9 Å². The molecule has 2 aromatic carbocycles. The second-order valence-electron chi connectivity index (χ2n) is 9.91. The van der Waals surface area contributed by atoms with Crippen molar-refractivity contribution in [1.82, 2.24) is 8.61 Å². The topological polar surface area (TPSA) is 101 Å². The summed E-state index contributed by atoms with van der Waals surface area (Å²) in [5, 5.41) is 0. The van der Waals surface area contributed by atoms with Gasteiger partial charge in [-0.1, -0.05) is 47.2 Å². The van der Waals surface area contributed by atoms with Crippen LogP contribution in [0.15, 0.2) is 91.4 Å². The summed E-state index contributed by atoms with van der Waals surface area (Å²) < 4.78 is 67.3. The van der Waals surface area contributed by atoms with E-state index in [0.717, 1.165) is 11.1 Å². The van der Waals surface area contributed by atoms with Crippen molar-refractivity contribution in [3.63, 3.8) is 0 Å². The Morgan fingerprint density at radius 1 is 0.643 bits per heavy atom. The first-order valence-corrected chi connectivity index (χ1v) is 16.0. The summed E-state index contributed by atoms with van der Waals surface area (Å²) in [6.45, 7) is 5.29. The highest BCUT2D eigenvalue weighted by Gasteiger charge is 2.27. The number of furan rings is 2. The molecule has 0 amide bonds. The molecule has 4 rings (SSSR count). The number of benzene rings is 2. The number of sulfonamides is 2. The first kappa shape index (κ1) is 30.9. The molecule has 0 radical (unpaired) electrons. The van der Waals surface area contributed by atoms with Crippen molar-refractivity contribution in [2.45, 2.75) is 49.6 Å².